The van der Waals surface area contributed by atoms with Gasteiger partial charge < -0.3 is 0 Å². The van der Waals surface area contributed by atoms with Crippen molar-refractivity contribution in [1.29, 1.82) is 0 Å². The van der Waals surface area contributed by atoms with E-state index in [1.165, 1.54) is 38.5 Å². The van der Waals surface area contributed by atoms with Gasteiger partial charge in [0.25, 0.3) is 0 Å². The van der Waals surface area contributed by atoms with Crippen LogP contribution in [0.15, 0.2) is 0 Å². The highest BCUT2D eigenvalue weighted by Crippen LogP contribution is 2.32. The Labute approximate surface area is 76.7 Å². The molecule has 0 aromatic heterocycles. The molecule has 0 nitrogen and oxygen atoms in total. The zero-order chi connectivity index (χ0) is 9.03. The second-order valence-corrected chi connectivity index (χ2v) is 4.72. The molecule has 0 aliphatic heterocycles. The Kier molecular flexibility index (Phi) is 3.20. The lowest BCUT2D eigenvalue weighted by molar-refractivity contribution is 0.374. The summed E-state index contributed by atoms with van der Waals surface area (Å²) in [5.74, 6) is 3.85. The summed E-state index contributed by atoms with van der Waals surface area (Å²) in [6.07, 6.45) is 13.8. The Morgan fingerprint density at radius 3 is 2.42 bits per heavy atom. The van der Waals surface area contributed by atoms with Gasteiger partial charge in [0.1, 0.15) is 0 Å². The summed E-state index contributed by atoms with van der Waals surface area (Å²) >= 11 is 0. The molecule has 0 N–H and O–H groups in total. The fourth-order valence-electron chi connectivity index (χ4n) is 1.94. The minimum absolute atomic E-state index is 0.128. The van der Waals surface area contributed by atoms with E-state index < -0.39 is 0 Å². The lowest BCUT2D eigenvalue weighted by Crippen LogP contribution is -2.09. The molecule has 0 bridgehead atoms. The second kappa shape index (κ2) is 3.99. The lowest BCUT2D eigenvalue weighted by atomic mass is 9.85. The largest absolute Gasteiger partial charge is 0.120 e. The van der Waals surface area contributed by atoms with Crippen LogP contribution in [0.3, 0.4) is 0 Å². The van der Waals surface area contributed by atoms with Crippen LogP contribution in [-0.4, -0.2) is 0 Å². The van der Waals surface area contributed by atoms with Crippen molar-refractivity contribution in [3.63, 3.8) is 0 Å². The molecule has 1 aliphatic carbocycles. The van der Waals surface area contributed by atoms with E-state index in [-0.39, 0.29) is 5.41 Å². The van der Waals surface area contributed by atoms with E-state index in [0.717, 1.165) is 5.92 Å². The second-order valence-electron chi connectivity index (χ2n) is 4.72. The molecule has 1 rings (SSSR count). The van der Waals surface area contributed by atoms with E-state index >= 15 is 0 Å². The molecule has 0 radical (unpaired) electrons. The van der Waals surface area contributed by atoms with E-state index in [0.29, 0.717) is 0 Å². The first-order chi connectivity index (χ1) is 5.64. The first kappa shape index (κ1) is 9.65. The predicted molar refractivity (Wildman–Crippen MR) is 53.8 cm³/mol. The highest BCUT2D eigenvalue weighted by molar-refractivity contribution is 5.00. The Hall–Kier alpha value is -0.440. The lowest BCUT2D eigenvalue weighted by Gasteiger charge is -2.19. The monoisotopic (exact) mass is 164 g/mol. The van der Waals surface area contributed by atoms with Crippen LogP contribution in [0.1, 0.15) is 52.4 Å². The molecule has 0 saturated heterocycles. The minimum atomic E-state index is 0.128. The summed E-state index contributed by atoms with van der Waals surface area (Å²) in [5.41, 5.74) is 0.128. The summed E-state index contributed by atoms with van der Waals surface area (Å²) in [7, 11) is 0. The summed E-state index contributed by atoms with van der Waals surface area (Å²) in [4.78, 5) is 0. The van der Waals surface area contributed by atoms with Gasteiger partial charge in [0, 0.05) is 5.41 Å². The van der Waals surface area contributed by atoms with Crippen LogP contribution in [0.2, 0.25) is 0 Å². The molecule has 0 heteroatoms. The van der Waals surface area contributed by atoms with Gasteiger partial charge in [-0.3, -0.25) is 0 Å². The van der Waals surface area contributed by atoms with Crippen molar-refractivity contribution in [2.75, 3.05) is 0 Å². The number of terminal acetylenes is 1. The van der Waals surface area contributed by atoms with Crippen LogP contribution in [0, 0.1) is 23.7 Å². The van der Waals surface area contributed by atoms with Crippen LogP contribution in [0.4, 0.5) is 0 Å². The van der Waals surface area contributed by atoms with Crippen molar-refractivity contribution in [3.05, 3.63) is 0 Å². The van der Waals surface area contributed by atoms with Gasteiger partial charge in [-0.1, -0.05) is 25.7 Å². The first-order valence-corrected chi connectivity index (χ1v) is 5.12. The molecule has 0 unspecified atom stereocenters. The normalized spacial score (nSPS) is 19.4. The molecule has 1 saturated carbocycles. The zero-order valence-corrected chi connectivity index (χ0v) is 8.40. The molecule has 1 fully saturated rings. The minimum Gasteiger partial charge on any atom is -0.120 e. The third-order valence-electron chi connectivity index (χ3n) is 3.04. The summed E-state index contributed by atoms with van der Waals surface area (Å²) in [6, 6.07) is 0. The van der Waals surface area contributed by atoms with Gasteiger partial charge in [-0.15, -0.1) is 12.3 Å². The Morgan fingerprint density at radius 2 is 1.92 bits per heavy atom. The summed E-state index contributed by atoms with van der Waals surface area (Å²) < 4.78 is 0. The average Bonchev–Trinajstić information content (AvgIpc) is 2.53. The molecule has 0 heterocycles. The Bertz CT molecular complexity index is 165. The van der Waals surface area contributed by atoms with Gasteiger partial charge in [-0.05, 0) is 32.6 Å². The van der Waals surface area contributed by atoms with E-state index in [2.05, 4.69) is 19.8 Å². The van der Waals surface area contributed by atoms with Crippen LogP contribution in [0.5, 0.6) is 0 Å². The maximum Gasteiger partial charge on any atom is 0.0255 e. The smallest absolute Gasteiger partial charge is 0.0255 e. The molecule has 0 aromatic rings. The van der Waals surface area contributed by atoms with Gasteiger partial charge in [0.2, 0.25) is 0 Å². The van der Waals surface area contributed by atoms with Gasteiger partial charge in [0.05, 0.1) is 0 Å². The highest BCUT2D eigenvalue weighted by atomic mass is 14.2. The first-order valence-electron chi connectivity index (χ1n) is 5.12. The van der Waals surface area contributed by atoms with Gasteiger partial charge in [-0.25, -0.2) is 0 Å². The number of hydrogen-bond acceptors (Lipinski definition) is 0. The summed E-state index contributed by atoms with van der Waals surface area (Å²) in [5, 5.41) is 0. The van der Waals surface area contributed by atoms with Crippen LogP contribution in [0.25, 0.3) is 0 Å². The van der Waals surface area contributed by atoms with E-state index in [9.17, 15) is 0 Å². The van der Waals surface area contributed by atoms with Crippen molar-refractivity contribution in [3.8, 4) is 12.3 Å². The van der Waals surface area contributed by atoms with Gasteiger partial charge >= 0.3 is 0 Å². The van der Waals surface area contributed by atoms with Crippen LogP contribution >= 0.6 is 0 Å². The summed E-state index contributed by atoms with van der Waals surface area (Å²) in [6.45, 7) is 4.34. The van der Waals surface area contributed by atoms with Gasteiger partial charge in [0.15, 0.2) is 0 Å². The quantitative estimate of drug-likeness (QED) is 0.559. The van der Waals surface area contributed by atoms with Crippen molar-refractivity contribution in [1.82, 2.24) is 0 Å². The molecular formula is C12H20. The molecule has 12 heavy (non-hydrogen) atoms. The Morgan fingerprint density at radius 1 is 1.33 bits per heavy atom. The molecule has 0 aromatic carbocycles. The molecule has 1 aliphatic rings. The van der Waals surface area contributed by atoms with Crippen LogP contribution in [-0.2, 0) is 0 Å². The van der Waals surface area contributed by atoms with E-state index in [4.69, 9.17) is 6.42 Å². The average molecular weight is 164 g/mol. The SMILES string of the molecule is C#CC(C)(C)CCC1CCCC1. The third kappa shape index (κ3) is 2.89. The van der Waals surface area contributed by atoms with Gasteiger partial charge in [-0.2, -0.15) is 0 Å². The molecule has 0 atom stereocenters. The maximum absolute atomic E-state index is 5.44. The maximum atomic E-state index is 5.44. The predicted octanol–water partition coefficient (Wildman–Crippen LogP) is 3.62. The molecule has 0 amide bonds. The van der Waals surface area contributed by atoms with Crippen molar-refractivity contribution in [2.24, 2.45) is 11.3 Å². The molecule has 68 valence electrons. The standard InChI is InChI=1S/C12H20/c1-4-12(2,3)10-9-11-7-5-6-8-11/h1,11H,5-10H2,2-3H3. The van der Waals surface area contributed by atoms with E-state index in [1.807, 2.05) is 0 Å². The van der Waals surface area contributed by atoms with Crippen molar-refractivity contribution >= 4 is 0 Å². The number of rotatable bonds is 3. The topological polar surface area (TPSA) is 0 Å². The zero-order valence-electron chi connectivity index (χ0n) is 8.40. The van der Waals surface area contributed by atoms with Crippen molar-refractivity contribution in [2.45, 2.75) is 52.4 Å². The fraction of sp³-hybridized carbons (Fsp3) is 0.833. The highest BCUT2D eigenvalue weighted by Gasteiger charge is 2.19. The number of hydrogen-bond donors (Lipinski definition) is 0. The van der Waals surface area contributed by atoms with Crippen LogP contribution < -0.4 is 0 Å². The van der Waals surface area contributed by atoms with Crippen molar-refractivity contribution < 1.29 is 0 Å². The third-order valence-corrected chi connectivity index (χ3v) is 3.04. The van der Waals surface area contributed by atoms with E-state index in [1.54, 1.807) is 0 Å². The molecular weight excluding hydrogens is 144 g/mol. The fourth-order valence-corrected chi connectivity index (χ4v) is 1.94. The molecule has 0 spiro atoms. The Balaban J connectivity index is 2.21.